The lowest BCUT2D eigenvalue weighted by Gasteiger charge is -2.31. The Labute approximate surface area is 194 Å². The number of benzene rings is 2. The van der Waals surface area contributed by atoms with Crippen LogP contribution in [0, 0.1) is 0 Å². The molecule has 34 heavy (non-hydrogen) atoms. The highest BCUT2D eigenvalue weighted by Gasteiger charge is 2.29. The Morgan fingerprint density at radius 3 is 2.71 bits per heavy atom. The average Bonchev–Trinajstić information content (AvgIpc) is 3.20. The Morgan fingerprint density at radius 1 is 1.12 bits per heavy atom. The molecule has 0 spiro atoms. The van der Waals surface area contributed by atoms with Crippen molar-refractivity contribution in [1.29, 1.82) is 0 Å². The van der Waals surface area contributed by atoms with E-state index in [-0.39, 0.29) is 17.4 Å². The highest BCUT2D eigenvalue weighted by Crippen LogP contribution is 2.36. The number of nitrogens with zero attached hydrogens (tertiary/aromatic N) is 6. The summed E-state index contributed by atoms with van der Waals surface area (Å²) in [5.74, 6) is 1.06. The molecule has 9 nitrogen and oxygen atoms in total. The van der Waals surface area contributed by atoms with E-state index in [4.69, 9.17) is 15.8 Å². The van der Waals surface area contributed by atoms with Gasteiger partial charge in [-0.25, -0.2) is 19.6 Å². The van der Waals surface area contributed by atoms with Crippen LogP contribution in [-0.4, -0.2) is 34.4 Å². The van der Waals surface area contributed by atoms with Gasteiger partial charge in [-0.2, -0.15) is 5.10 Å². The van der Waals surface area contributed by atoms with Gasteiger partial charge in [0.05, 0.1) is 16.3 Å². The lowest BCUT2D eigenvalue weighted by atomic mass is 9.92. The molecule has 1 atom stereocenters. The minimum absolute atomic E-state index is 0.0315. The molecule has 1 aliphatic carbocycles. The molecule has 5 aromatic rings. The van der Waals surface area contributed by atoms with Crippen molar-refractivity contribution >= 4 is 27.8 Å². The molecule has 0 radical (unpaired) electrons. The number of nitrogens with two attached hydrogens (primary N) is 1. The van der Waals surface area contributed by atoms with Crippen LogP contribution < -0.4 is 11.3 Å². The van der Waals surface area contributed by atoms with Crippen LogP contribution in [0.2, 0.25) is 0 Å². The van der Waals surface area contributed by atoms with E-state index in [1.54, 1.807) is 22.9 Å². The Bertz CT molecular complexity index is 1620. The van der Waals surface area contributed by atoms with Crippen LogP contribution in [0.3, 0.4) is 0 Å². The first-order valence-corrected chi connectivity index (χ1v) is 11.3. The van der Waals surface area contributed by atoms with Gasteiger partial charge in [0, 0.05) is 11.6 Å². The third kappa shape index (κ3) is 3.04. The maximum atomic E-state index is 13.5. The van der Waals surface area contributed by atoms with E-state index in [0.717, 1.165) is 19.3 Å². The number of fused-ring (bicyclic) bond motifs is 2. The fraction of sp³-hybridized carbons (Fsp3) is 0.240. The standard InChI is InChI=1S/C25H23N7O2/c1-14(23-29-19-11-3-2-10-18(19)25(34)31(23)16-7-5-8-16)32-24-20(22(26)27-13-28-24)21(30-32)15-6-4-9-17(33)12-15/h2-4,6,9-14,16,33H,5,7-8H2,1H3,(H2,26,27,28). The van der Waals surface area contributed by atoms with Crippen molar-refractivity contribution in [3.05, 3.63) is 71.0 Å². The van der Waals surface area contributed by atoms with Crippen molar-refractivity contribution in [2.75, 3.05) is 5.73 Å². The maximum Gasteiger partial charge on any atom is 0.261 e. The van der Waals surface area contributed by atoms with Crippen molar-refractivity contribution in [2.24, 2.45) is 0 Å². The van der Waals surface area contributed by atoms with Crippen molar-refractivity contribution in [2.45, 2.75) is 38.3 Å². The molecule has 1 saturated carbocycles. The Morgan fingerprint density at radius 2 is 1.94 bits per heavy atom. The highest BCUT2D eigenvalue weighted by atomic mass is 16.3. The average molecular weight is 454 g/mol. The lowest BCUT2D eigenvalue weighted by molar-refractivity contribution is 0.288. The lowest BCUT2D eigenvalue weighted by Crippen LogP contribution is -2.34. The molecule has 6 rings (SSSR count). The third-order valence-electron chi connectivity index (χ3n) is 6.65. The highest BCUT2D eigenvalue weighted by molar-refractivity contribution is 5.98. The molecule has 2 aromatic carbocycles. The van der Waals surface area contributed by atoms with E-state index < -0.39 is 6.04 Å². The summed E-state index contributed by atoms with van der Waals surface area (Å²) in [6, 6.07) is 14.0. The number of hydrogen-bond acceptors (Lipinski definition) is 7. The molecular formula is C25H23N7O2. The summed E-state index contributed by atoms with van der Waals surface area (Å²) in [6.45, 7) is 1.96. The topological polar surface area (TPSA) is 125 Å². The Hall–Kier alpha value is -4.27. The van der Waals surface area contributed by atoms with Gasteiger partial charge < -0.3 is 10.8 Å². The van der Waals surface area contributed by atoms with Gasteiger partial charge in [-0.15, -0.1) is 0 Å². The fourth-order valence-electron chi connectivity index (χ4n) is 4.69. The fourth-order valence-corrected chi connectivity index (χ4v) is 4.69. The van der Waals surface area contributed by atoms with Gasteiger partial charge in [0.1, 0.15) is 35.5 Å². The Balaban J connectivity index is 1.61. The monoisotopic (exact) mass is 453 g/mol. The molecule has 1 fully saturated rings. The zero-order chi connectivity index (χ0) is 23.4. The summed E-state index contributed by atoms with van der Waals surface area (Å²) in [7, 11) is 0. The van der Waals surface area contributed by atoms with E-state index in [2.05, 4.69) is 9.97 Å². The number of phenolic OH excluding ortho intramolecular Hbond substituents is 1. The number of nitrogen functional groups attached to an aromatic ring is 1. The predicted octanol–water partition coefficient (Wildman–Crippen LogP) is 3.83. The van der Waals surface area contributed by atoms with Crippen LogP contribution in [-0.2, 0) is 0 Å². The van der Waals surface area contributed by atoms with Crippen LogP contribution in [0.5, 0.6) is 5.75 Å². The second-order valence-corrected chi connectivity index (χ2v) is 8.72. The van der Waals surface area contributed by atoms with Crippen LogP contribution >= 0.6 is 0 Å². The summed E-state index contributed by atoms with van der Waals surface area (Å²) in [5, 5.41) is 16.1. The SMILES string of the molecule is CC(c1nc2ccccc2c(=O)n1C1CCC1)n1nc(-c2cccc(O)c2)c2c(N)ncnc21. The molecule has 0 aliphatic heterocycles. The van der Waals surface area contributed by atoms with Gasteiger partial charge in [0.25, 0.3) is 5.56 Å². The summed E-state index contributed by atoms with van der Waals surface area (Å²) in [5.41, 5.74) is 8.68. The van der Waals surface area contributed by atoms with Crippen LogP contribution in [0.25, 0.3) is 33.2 Å². The molecule has 0 amide bonds. The summed E-state index contributed by atoms with van der Waals surface area (Å²) in [6.07, 6.45) is 4.39. The van der Waals surface area contributed by atoms with Gasteiger partial charge >= 0.3 is 0 Å². The van der Waals surface area contributed by atoms with Gasteiger partial charge in [0.15, 0.2) is 5.65 Å². The molecular weight excluding hydrogens is 430 g/mol. The normalized spacial score (nSPS) is 15.0. The van der Waals surface area contributed by atoms with Crippen LogP contribution in [0.15, 0.2) is 59.7 Å². The molecule has 1 unspecified atom stereocenters. The number of aromatic hydroxyl groups is 1. The Kier molecular flexibility index (Phi) is 4.58. The zero-order valence-electron chi connectivity index (χ0n) is 18.6. The second kappa shape index (κ2) is 7.65. The van der Waals surface area contributed by atoms with Gasteiger partial charge in [-0.05, 0) is 50.5 Å². The van der Waals surface area contributed by atoms with Crippen molar-refractivity contribution in [1.82, 2.24) is 29.3 Å². The molecule has 0 saturated heterocycles. The van der Waals surface area contributed by atoms with E-state index in [1.165, 1.54) is 6.33 Å². The number of phenols is 1. The largest absolute Gasteiger partial charge is 0.508 e. The smallest absolute Gasteiger partial charge is 0.261 e. The van der Waals surface area contributed by atoms with Crippen molar-refractivity contribution in [3.8, 4) is 17.0 Å². The van der Waals surface area contributed by atoms with E-state index in [9.17, 15) is 9.90 Å². The predicted molar refractivity (Wildman–Crippen MR) is 130 cm³/mol. The van der Waals surface area contributed by atoms with Gasteiger partial charge in [0.2, 0.25) is 0 Å². The quantitative estimate of drug-likeness (QED) is 0.424. The molecule has 1 aliphatic rings. The third-order valence-corrected chi connectivity index (χ3v) is 6.65. The van der Waals surface area contributed by atoms with Gasteiger partial charge in [-0.1, -0.05) is 24.3 Å². The first-order chi connectivity index (χ1) is 16.5. The number of para-hydroxylation sites is 1. The summed E-state index contributed by atoms with van der Waals surface area (Å²) >= 11 is 0. The van der Waals surface area contributed by atoms with E-state index >= 15 is 0 Å². The van der Waals surface area contributed by atoms with Crippen molar-refractivity contribution < 1.29 is 5.11 Å². The van der Waals surface area contributed by atoms with Crippen molar-refractivity contribution in [3.63, 3.8) is 0 Å². The summed E-state index contributed by atoms with van der Waals surface area (Å²) < 4.78 is 3.58. The molecule has 0 bridgehead atoms. The molecule has 3 heterocycles. The zero-order valence-corrected chi connectivity index (χ0v) is 18.6. The molecule has 9 heteroatoms. The van der Waals surface area contributed by atoms with E-state index in [1.807, 2.05) is 41.8 Å². The molecule has 170 valence electrons. The first-order valence-electron chi connectivity index (χ1n) is 11.3. The molecule has 3 N–H and O–H groups in total. The first kappa shape index (κ1) is 20.3. The number of aromatic nitrogens is 6. The number of hydrogen-bond donors (Lipinski definition) is 2. The molecule has 3 aromatic heterocycles. The van der Waals surface area contributed by atoms with E-state index in [0.29, 0.717) is 44.8 Å². The maximum absolute atomic E-state index is 13.5. The van der Waals surface area contributed by atoms with Gasteiger partial charge in [-0.3, -0.25) is 9.36 Å². The minimum atomic E-state index is -0.402. The summed E-state index contributed by atoms with van der Waals surface area (Å²) in [4.78, 5) is 27.1. The minimum Gasteiger partial charge on any atom is -0.508 e. The second-order valence-electron chi connectivity index (χ2n) is 8.72. The number of anilines is 1. The number of rotatable bonds is 4. The van der Waals surface area contributed by atoms with Crippen LogP contribution in [0.4, 0.5) is 5.82 Å². The van der Waals surface area contributed by atoms with Crippen LogP contribution in [0.1, 0.15) is 44.1 Å².